The fraction of sp³-hybridized carbons (Fsp3) is 0.375. The molecule has 106 valence electrons. The van der Waals surface area contributed by atoms with E-state index in [9.17, 15) is 4.79 Å². The summed E-state index contributed by atoms with van der Waals surface area (Å²) in [6, 6.07) is 9.86. The standard InChI is InChI=1S/C16H19BrN2O/c1-3-14-16(17)15(19(4-2)18-14)11-13(20)10-12-8-6-5-7-9-12/h5-9H,3-4,10-11H2,1-2H3. The third-order valence-corrected chi connectivity index (χ3v) is 4.22. The predicted octanol–water partition coefficient (Wildman–Crippen LogP) is 3.58. The first-order chi connectivity index (χ1) is 9.65. The minimum atomic E-state index is 0.217. The molecule has 0 bridgehead atoms. The summed E-state index contributed by atoms with van der Waals surface area (Å²) in [4.78, 5) is 12.2. The maximum absolute atomic E-state index is 12.2. The van der Waals surface area contributed by atoms with Crippen LogP contribution in [0.1, 0.15) is 30.8 Å². The van der Waals surface area contributed by atoms with Crippen molar-refractivity contribution in [1.82, 2.24) is 9.78 Å². The second-order valence-electron chi connectivity index (χ2n) is 4.75. The van der Waals surface area contributed by atoms with E-state index in [1.165, 1.54) is 0 Å². The predicted molar refractivity (Wildman–Crippen MR) is 83.8 cm³/mol. The Labute approximate surface area is 128 Å². The van der Waals surface area contributed by atoms with Crippen molar-refractivity contribution in [2.45, 2.75) is 39.7 Å². The van der Waals surface area contributed by atoms with Crippen molar-refractivity contribution >= 4 is 21.7 Å². The molecule has 0 aliphatic carbocycles. The van der Waals surface area contributed by atoms with E-state index in [1.807, 2.05) is 41.9 Å². The van der Waals surface area contributed by atoms with Crippen LogP contribution in [0.15, 0.2) is 34.8 Å². The molecule has 1 aromatic heterocycles. The monoisotopic (exact) mass is 334 g/mol. The Morgan fingerprint density at radius 3 is 2.50 bits per heavy atom. The minimum Gasteiger partial charge on any atom is -0.299 e. The van der Waals surface area contributed by atoms with Gasteiger partial charge in [-0.3, -0.25) is 9.48 Å². The topological polar surface area (TPSA) is 34.9 Å². The van der Waals surface area contributed by atoms with Crippen LogP contribution in [-0.4, -0.2) is 15.6 Å². The Bertz CT molecular complexity index is 590. The summed E-state index contributed by atoms with van der Waals surface area (Å²) in [7, 11) is 0. The lowest BCUT2D eigenvalue weighted by molar-refractivity contribution is -0.117. The number of carbonyl (C=O) groups excluding carboxylic acids is 1. The largest absolute Gasteiger partial charge is 0.299 e. The molecule has 0 aliphatic heterocycles. The van der Waals surface area contributed by atoms with E-state index in [1.54, 1.807) is 0 Å². The molecule has 0 N–H and O–H groups in total. The van der Waals surface area contributed by atoms with Crippen molar-refractivity contribution in [3.05, 3.63) is 51.8 Å². The van der Waals surface area contributed by atoms with E-state index < -0.39 is 0 Å². The fourth-order valence-corrected chi connectivity index (χ4v) is 2.96. The SMILES string of the molecule is CCc1nn(CC)c(CC(=O)Cc2ccccc2)c1Br. The molecule has 0 fully saturated rings. The molecule has 0 radical (unpaired) electrons. The Morgan fingerprint density at radius 2 is 1.90 bits per heavy atom. The van der Waals surface area contributed by atoms with E-state index >= 15 is 0 Å². The van der Waals surface area contributed by atoms with Crippen LogP contribution in [0.5, 0.6) is 0 Å². The third-order valence-electron chi connectivity index (χ3n) is 3.30. The highest BCUT2D eigenvalue weighted by atomic mass is 79.9. The molecule has 0 spiro atoms. The molecule has 2 aromatic rings. The van der Waals surface area contributed by atoms with Crippen molar-refractivity contribution in [3.63, 3.8) is 0 Å². The second kappa shape index (κ2) is 6.84. The first-order valence-corrected chi connectivity index (χ1v) is 7.74. The van der Waals surface area contributed by atoms with Gasteiger partial charge < -0.3 is 0 Å². The van der Waals surface area contributed by atoms with Crippen molar-refractivity contribution in [2.24, 2.45) is 0 Å². The summed E-state index contributed by atoms with van der Waals surface area (Å²) in [5.74, 6) is 0.217. The lowest BCUT2D eigenvalue weighted by atomic mass is 10.1. The van der Waals surface area contributed by atoms with Crippen LogP contribution in [0.2, 0.25) is 0 Å². The molecule has 4 heteroatoms. The number of aromatic nitrogens is 2. The first kappa shape index (κ1) is 15.0. The number of nitrogens with zero attached hydrogens (tertiary/aromatic N) is 2. The van der Waals surface area contributed by atoms with Gasteiger partial charge in [0.05, 0.1) is 15.9 Å². The molecule has 0 amide bonds. The molecular formula is C16H19BrN2O. The van der Waals surface area contributed by atoms with Gasteiger partial charge in [0.2, 0.25) is 0 Å². The Hall–Kier alpha value is -1.42. The molecule has 0 saturated carbocycles. The summed E-state index contributed by atoms with van der Waals surface area (Å²) >= 11 is 3.58. The van der Waals surface area contributed by atoms with Gasteiger partial charge in [-0.05, 0) is 34.8 Å². The van der Waals surface area contributed by atoms with Gasteiger partial charge in [-0.25, -0.2) is 0 Å². The zero-order chi connectivity index (χ0) is 14.5. The second-order valence-corrected chi connectivity index (χ2v) is 5.55. The van der Waals surface area contributed by atoms with Gasteiger partial charge in [-0.1, -0.05) is 37.3 Å². The normalized spacial score (nSPS) is 10.8. The average molecular weight is 335 g/mol. The quantitative estimate of drug-likeness (QED) is 0.809. The first-order valence-electron chi connectivity index (χ1n) is 6.95. The summed E-state index contributed by atoms with van der Waals surface area (Å²) in [5, 5.41) is 4.52. The van der Waals surface area contributed by atoms with Crippen LogP contribution in [-0.2, 0) is 30.6 Å². The van der Waals surface area contributed by atoms with Crippen molar-refractivity contribution in [3.8, 4) is 0 Å². The summed E-state index contributed by atoms with van der Waals surface area (Å²) in [6.07, 6.45) is 1.77. The van der Waals surface area contributed by atoms with Crippen molar-refractivity contribution in [1.29, 1.82) is 0 Å². The van der Waals surface area contributed by atoms with Crippen LogP contribution in [0.25, 0.3) is 0 Å². The molecule has 20 heavy (non-hydrogen) atoms. The number of ketones is 1. The molecule has 1 aromatic carbocycles. The van der Waals surface area contributed by atoms with Gasteiger partial charge in [-0.15, -0.1) is 0 Å². The molecule has 0 atom stereocenters. The molecule has 2 rings (SSSR count). The minimum absolute atomic E-state index is 0.217. The van der Waals surface area contributed by atoms with Crippen LogP contribution in [0, 0.1) is 0 Å². The number of benzene rings is 1. The number of halogens is 1. The smallest absolute Gasteiger partial charge is 0.143 e. The van der Waals surface area contributed by atoms with Gasteiger partial charge in [0.15, 0.2) is 0 Å². The summed E-state index contributed by atoms with van der Waals surface area (Å²) in [6.45, 7) is 4.90. The summed E-state index contributed by atoms with van der Waals surface area (Å²) < 4.78 is 2.91. The Balaban J connectivity index is 2.13. The van der Waals surface area contributed by atoms with Crippen molar-refractivity contribution in [2.75, 3.05) is 0 Å². The number of hydrogen-bond donors (Lipinski definition) is 0. The lowest BCUT2D eigenvalue weighted by Crippen LogP contribution is -2.11. The maximum Gasteiger partial charge on any atom is 0.143 e. The third kappa shape index (κ3) is 3.37. The maximum atomic E-state index is 12.2. The van der Waals surface area contributed by atoms with Gasteiger partial charge >= 0.3 is 0 Å². The average Bonchev–Trinajstić information content (AvgIpc) is 2.76. The number of carbonyl (C=O) groups is 1. The molecule has 3 nitrogen and oxygen atoms in total. The van der Waals surface area contributed by atoms with Gasteiger partial charge in [0.1, 0.15) is 5.78 Å². The van der Waals surface area contributed by atoms with E-state index in [-0.39, 0.29) is 5.78 Å². The number of hydrogen-bond acceptors (Lipinski definition) is 2. The molecule has 0 saturated heterocycles. The van der Waals surface area contributed by atoms with Crippen LogP contribution < -0.4 is 0 Å². The van der Waals surface area contributed by atoms with E-state index in [0.717, 1.165) is 34.4 Å². The van der Waals surface area contributed by atoms with Gasteiger partial charge in [-0.2, -0.15) is 5.10 Å². The summed E-state index contributed by atoms with van der Waals surface area (Å²) in [5.41, 5.74) is 3.08. The van der Waals surface area contributed by atoms with E-state index in [4.69, 9.17) is 0 Å². The molecule has 0 aliphatic rings. The zero-order valence-electron chi connectivity index (χ0n) is 11.9. The van der Waals surface area contributed by atoms with Crippen LogP contribution in [0.3, 0.4) is 0 Å². The highest BCUT2D eigenvalue weighted by Crippen LogP contribution is 2.23. The molecular weight excluding hydrogens is 316 g/mol. The van der Waals surface area contributed by atoms with Gasteiger partial charge in [0.25, 0.3) is 0 Å². The Morgan fingerprint density at radius 1 is 1.20 bits per heavy atom. The number of Topliss-reactive ketones (excluding diaryl/α,β-unsaturated/α-hetero) is 1. The van der Waals surface area contributed by atoms with E-state index in [0.29, 0.717) is 12.8 Å². The highest BCUT2D eigenvalue weighted by Gasteiger charge is 2.16. The highest BCUT2D eigenvalue weighted by molar-refractivity contribution is 9.10. The zero-order valence-corrected chi connectivity index (χ0v) is 13.5. The Kier molecular flexibility index (Phi) is 5.12. The van der Waals surface area contributed by atoms with Gasteiger partial charge in [0, 0.05) is 19.4 Å². The fourth-order valence-electron chi connectivity index (χ4n) is 2.26. The number of rotatable bonds is 6. The van der Waals surface area contributed by atoms with E-state index in [2.05, 4.69) is 28.0 Å². The lowest BCUT2D eigenvalue weighted by Gasteiger charge is -2.05. The number of aryl methyl sites for hydroxylation is 2. The van der Waals surface area contributed by atoms with Crippen LogP contribution >= 0.6 is 15.9 Å². The molecule has 0 unspecified atom stereocenters. The molecule has 1 heterocycles. The van der Waals surface area contributed by atoms with Crippen molar-refractivity contribution < 1.29 is 4.79 Å². The van der Waals surface area contributed by atoms with Crippen LogP contribution in [0.4, 0.5) is 0 Å².